The van der Waals surface area contributed by atoms with Crippen molar-refractivity contribution < 1.29 is 33.4 Å². The fourth-order valence-electron chi connectivity index (χ4n) is 4.79. The molecule has 4 N–H and O–H groups in total. The van der Waals surface area contributed by atoms with Crippen molar-refractivity contribution >= 4 is 29.7 Å². The summed E-state index contributed by atoms with van der Waals surface area (Å²) < 4.78 is 11.5. The molecule has 5 amide bonds. The van der Waals surface area contributed by atoms with Crippen LogP contribution < -0.4 is 21.3 Å². The highest BCUT2D eigenvalue weighted by atomic mass is 16.6. The number of hydrogen-bond acceptors (Lipinski definition) is 7. The predicted octanol–water partition coefficient (Wildman–Crippen LogP) is 2.12. The van der Waals surface area contributed by atoms with Crippen LogP contribution in [0.3, 0.4) is 0 Å². The monoisotopic (exact) mass is 603 g/mol. The summed E-state index contributed by atoms with van der Waals surface area (Å²) >= 11 is 0. The Labute approximate surface area is 255 Å². The number of amides is 5. The molecule has 1 saturated heterocycles. The number of carbonyl (C=O) groups is 5. The summed E-state index contributed by atoms with van der Waals surface area (Å²) in [6.07, 6.45) is -0.574. The molecule has 0 radical (unpaired) electrons. The largest absolute Gasteiger partial charge is 0.444 e. The molecule has 0 aromatic heterocycles. The van der Waals surface area contributed by atoms with Gasteiger partial charge >= 0.3 is 6.09 Å². The second-order valence-electron chi connectivity index (χ2n) is 12.5. The van der Waals surface area contributed by atoms with E-state index in [1.165, 1.54) is 11.9 Å². The zero-order chi connectivity index (χ0) is 32.3. The molecule has 1 fully saturated rings. The summed E-state index contributed by atoms with van der Waals surface area (Å²) in [5.74, 6) is -2.03. The van der Waals surface area contributed by atoms with Gasteiger partial charge in [0.1, 0.15) is 23.7 Å². The van der Waals surface area contributed by atoms with Crippen molar-refractivity contribution in [3.63, 3.8) is 0 Å². The van der Waals surface area contributed by atoms with Crippen LogP contribution in [-0.2, 0) is 35.3 Å². The number of carbonyl (C=O) groups excluding carboxylic acids is 5. The van der Waals surface area contributed by atoms with Crippen molar-refractivity contribution in [3.8, 4) is 0 Å². The van der Waals surface area contributed by atoms with E-state index >= 15 is 0 Å². The highest BCUT2D eigenvalue weighted by molar-refractivity contribution is 5.94. The molecule has 1 aliphatic heterocycles. The van der Waals surface area contributed by atoms with Crippen LogP contribution in [0.15, 0.2) is 30.3 Å². The molecule has 12 heteroatoms. The molecule has 0 aliphatic carbocycles. The van der Waals surface area contributed by atoms with Crippen molar-refractivity contribution in [2.45, 2.75) is 97.7 Å². The van der Waals surface area contributed by atoms with E-state index in [1.807, 2.05) is 44.2 Å². The number of hydrogen-bond donors (Lipinski definition) is 4. The minimum Gasteiger partial charge on any atom is -0.444 e. The summed E-state index contributed by atoms with van der Waals surface area (Å²) in [5, 5.41) is 10.5. The van der Waals surface area contributed by atoms with E-state index in [9.17, 15) is 24.0 Å². The summed E-state index contributed by atoms with van der Waals surface area (Å²) in [7, 11) is 1.49. The van der Waals surface area contributed by atoms with E-state index in [1.54, 1.807) is 34.6 Å². The Morgan fingerprint density at radius 1 is 1.00 bits per heavy atom. The van der Waals surface area contributed by atoms with Gasteiger partial charge < -0.3 is 35.6 Å². The van der Waals surface area contributed by atoms with E-state index in [0.29, 0.717) is 12.8 Å². The summed E-state index contributed by atoms with van der Waals surface area (Å²) in [4.78, 5) is 66.3. The van der Waals surface area contributed by atoms with Gasteiger partial charge in [0.2, 0.25) is 23.6 Å². The number of nitrogens with one attached hydrogen (secondary N) is 4. The highest BCUT2D eigenvalue weighted by Crippen LogP contribution is 2.25. The molecule has 0 bridgehead atoms. The Morgan fingerprint density at radius 2 is 1.65 bits per heavy atom. The molecule has 0 unspecified atom stereocenters. The van der Waals surface area contributed by atoms with Crippen LogP contribution in [-0.4, -0.2) is 84.6 Å². The Balaban J connectivity index is 2.22. The third kappa shape index (κ3) is 11.5. The number of nitrogens with zero attached hydrogens (tertiary/aromatic N) is 1. The van der Waals surface area contributed by atoms with E-state index in [2.05, 4.69) is 21.3 Å². The quantitative estimate of drug-likeness (QED) is 0.269. The lowest BCUT2D eigenvalue weighted by atomic mass is 10.0. The minimum atomic E-state index is -1.05. The molecule has 1 aromatic carbocycles. The molecular formula is C31H49N5O7. The second kappa shape index (κ2) is 16.3. The molecule has 2 rings (SSSR count). The number of rotatable bonds is 13. The predicted molar refractivity (Wildman–Crippen MR) is 162 cm³/mol. The second-order valence-corrected chi connectivity index (χ2v) is 12.5. The summed E-state index contributed by atoms with van der Waals surface area (Å²) in [6.45, 7) is 12.7. The van der Waals surface area contributed by atoms with Gasteiger partial charge in [-0.25, -0.2) is 4.79 Å². The molecule has 43 heavy (non-hydrogen) atoms. The van der Waals surface area contributed by atoms with E-state index in [0.717, 1.165) is 5.56 Å². The normalized spacial score (nSPS) is 18.1. The molecule has 12 nitrogen and oxygen atoms in total. The lowest BCUT2D eigenvalue weighted by Gasteiger charge is -2.32. The van der Waals surface area contributed by atoms with Crippen LogP contribution in [0.2, 0.25) is 0 Å². The maximum absolute atomic E-state index is 13.8. The number of likely N-dealkylation sites (tertiary alicyclic amines) is 1. The maximum atomic E-state index is 13.8. The Morgan fingerprint density at radius 3 is 2.21 bits per heavy atom. The van der Waals surface area contributed by atoms with Crippen molar-refractivity contribution in [1.82, 2.24) is 26.2 Å². The molecule has 1 aromatic rings. The van der Waals surface area contributed by atoms with Crippen LogP contribution >= 0.6 is 0 Å². The zero-order valence-corrected chi connectivity index (χ0v) is 26.7. The molecule has 1 heterocycles. The van der Waals surface area contributed by atoms with Gasteiger partial charge in [-0.1, -0.05) is 58.0 Å². The van der Waals surface area contributed by atoms with Gasteiger partial charge in [-0.3, -0.25) is 19.2 Å². The van der Waals surface area contributed by atoms with Crippen molar-refractivity contribution in [2.75, 3.05) is 20.1 Å². The van der Waals surface area contributed by atoms with Crippen LogP contribution in [0, 0.1) is 11.8 Å². The van der Waals surface area contributed by atoms with E-state index in [4.69, 9.17) is 9.47 Å². The first-order valence-electron chi connectivity index (χ1n) is 14.9. The zero-order valence-electron chi connectivity index (χ0n) is 26.7. The fourth-order valence-corrected chi connectivity index (χ4v) is 4.79. The lowest BCUT2D eigenvalue weighted by Crippen LogP contribution is -2.58. The Bertz CT molecular complexity index is 1100. The van der Waals surface area contributed by atoms with Crippen LogP contribution in [0.5, 0.6) is 0 Å². The summed E-state index contributed by atoms with van der Waals surface area (Å²) in [5.41, 5.74) is 0.149. The highest BCUT2D eigenvalue weighted by Gasteiger charge is 2.45. The van der Waals surface area contributed by atoms with Gasteiger partial charge in [0.15, 0.2) is 0 Å². The number of benzene rings is 1. The van der Waals surface area contributed by atoms with Crippen molar-refractivity contribution in [2.24, 2.45) is 11.8 Å². The third-order valence-electron chi connectivity index (χ3n) is 6.83. The molecule has 4 atom stereocenters. The van der Waals surface area contributed by atoms with Crippen LogP contribution in [0.4, 0.5) is 4.79 Å². The number of alkyl carbamates (subject to hydrolysis) is 1. The topological polar surface area (TPSA) is 155 Å². The maximum Gasteiger partial charge on any atom is 0.408 e. The summed E-state index contributed by atoms with van der Waals surface area (Å²) in [6, 6.07) is 6.71. The third-order valence-corrected chi connectivity index (χ3v) is 6.83. The molecule has 0 saturated carbocycles. The minimum absolute atomic E-state index is 0.154. The molecule has 240 valence electrons. The first-order valence-corrected chi connectivity index (χ1v) is 14.9. The first kappa shape index (κ1) is 35.5. The molecule has 0 spiro atoms. The number of likely N-dealkylation sites (N-methyl/N-ethyl adjacent to an activating group) is 1. The SMILES string of the molecule is CNC(=O)[C@H](CC(C)C)NC(=O)CNC(=O)[C@H]1[C@@H](OCc2ccccc2)CCN1C(=O)[C@@H](NC(=O)OC(C)(C)C)C(C)C. The Hall–Kier alpha value is -3.67. The van der Waals surface area contributed by atoms with E-state index in [-0.39, 0.29) is 30.9 Å². The average Bonchev–Trinajstić information content (AvgIpc) is 3.35. The van der Waals surface area contributed by atoms with Crippen molar-refractivity contribution in [3.05, 3.63) is 35.9 Å². The van der Waals surface area contributed by atoms with Gasteiger partial charge in [-0.15, -0.1) is 0 Å². The number of ether oxygens (including phenoxy) is 2. The fraction of sp³-hybridized carbons (Fsp3) is 0.645. The first-order chi connectivity index (χ1) is 20.1. The van der Waals surface area contributed by atoms with Gasteiger partial charge in [-0.05, 0) is 51.0 Å². The van der Waals surface area contributed by atoms with Gasteiger partial charge in [0, 0.05) is 13.6 Å². The van der Waals surface area contributed by atoms with Gasteiger partial charge in [0.25, 0.3) is 0 Å². The molecule has 1 aliphatic rings. The van der Waals surface area contributed by atoms with Crippen LogP contribution in [0.25, 0.3) is 0 Å². The molecular weight excluding hydrogens is 554 g/mol. The Kier molecular flexibility index (Phi) is 13.4. The standard InChI is InChI=1S/C31H49N5O7/c1-19(2)16-22(27(38)32-8)34-24(37)17-33-28(39)26-23(42-18-21-12-10-9-11-13-21)14-15-36(26)29(40)25(20(3)4)35-30(41)43-31(5,6)7/h9-13,19-20,22-23,25-26H,14-18H2,1-8H3,(H,32,38)(H,33,39)(H,34,37)(H,35,41)/t22-,23-,25-,26+/m0/s1. The lowest BCUT2D eigenvalue weighted by molar-refractivity contribution is -0.144. The average molecular weight is 604 g/mol. The van der Waals surface area contributed by atoms with Gasteiger partial charge in [0.05, 0.1) is 19.3 Å². The van der Waals surface area contributed by atoms with Gasteiger partial charge in [-0.2, -0.15) is 0 Å². The van der Waals surface area contributed by atoms with Crippen molar-refractivity contribution in [1.29, 1.82) is 0 Å². The smallest absolute Gasteiger partial charge is 0.408 e. The van der Waals surface area contributed by atoms with Crippen LogP contribution in [0.1, 0.15) is 66.9 Å². The van der Waals surface area contributed by atoms with E-state index < -0.39 is 60.2 Å².